The van der Waals surface area contributed by atoms with Gasteiger partial charge in [-0.25, -0.2) is 0 Å². The molecular formula is C20H24N2O. The van der Waals surface area contributed by atoms with E-state index >= 15 is 0 Å². The molecule has 2 aromatic rings. The molecule has 1 saturated heterocycles. The van der Waals surface area contributed by atoms with Crippen LogP contribution in [0.15, 0.2) is 24.3 Å². The third-order valence-corrected chi connectivity index (χ3v) is 6.78. The van der Waals surface area contributed by atoms with Crippen LogP contribution < -0.4 is 0 Å². The average molecular weight is 308 g/mol. The van der Waals surface area contributed by atoms with E-state index in [1.807, 2.05) is 0 Å². The maximum atomic E-state index is 13.0. The number of benzene rings is 1. The zero-order chi connectivity index (χ0) is 15.6. The second-order valence-electron chi connectivity index (χ2n) is 7.62. The van der Waals surface area contributed by atoms with Crippen LogP contribution in [-0.2, 0) is 6.42 Å². The van der Waals surface area contributed by atoms with Crippen molar-refractivity contribution in [1.29, 1.82) is 0 Å². The molecule has 120 valence electrons. The Labute approximate surface area is 137 Å². The van der Waals surface area contributed by atoms with E-state index in [1.165, 1.54) is 42.5 Å². The van der Waals surface area contributed by atoms with Crippen molar-refractivity contribution < 1.29 is 4.79 Å². The maximum Gasteiger partial charge on any atom is 0.231 e. The lowest BCUT2D eigenvalue weighted by molar-refractivity contribution is -0.00451. The van der Waals surface area contributed by atoms with Crippen molar-refractivity contribution in [1.82, 2.24) is 9.47 Å². The van der Waals surface area contributed by atoms with Crippen molar-refractivity contribution in [3.05, 3.63) is 35.5 Å². The van der Waals surface area contributed by atoms with Crippen molar-refractivity contribution in [3.8, 4) is 0 Å². The normalized spacial score (nSPS) is 30.3. The number of piperidine rings is 1. The Hall–Kier alpha value is -1.61. The van der Waals surface area contributed by atoms with Gasteiger partial charge in [-0.2, -0.15) is 0 Å². The molecule has 0 unspecified atom stereocenters. The second-order valence-corrected chi connectivity index (χ2v) is 7.62. The van der Waals surface area contributed by atoms with Crippen molar-refractivity contribution in [2.45, 2.75) is 51.5 Å². The average Bonchev–Trinajstić information content (AvgIpc) is 2.87. The molecule has 3 aliphatic heterocycles. The molecule has 2 atom stereocenters. The molecule has 1 fully saturated rings. The molecule has 0 bridgehead atoms. The van der Waals surface area contributed by atoms with Gasteiger partial charge >= 0.3 is 0 Å². The molecule has 3 aliphatic rings. The summed E-state index contributed by atoms with van der Waals surface area (Å²) in [4.78, 5) is 15.7. The van der Waals surface area contributed by atoms with Gasteiger partial charge in [-0.1, -0.05) is 25.1 Å². The summed E-state index contributed by atoms with van der Waals surface area (Å²) in [6, 6.07) is 8.98. The number of aromatic nitrogens is 1. The Balaban J connectivity index is 1.87. The predicted molar refractivity (Wildman–Crippen MR) is 91.8 cm³/mol. The van der Waals surface area contributed by atoms with Crippen molar-refractivity contribution in [2.75, 3.05) is 13.1 Å². The Kier molecular flexibility index (Phi) is 2.82. The highest BCUT2D eigenvalue weighted by atomic mass is 16.2. The van der Waals surface area contributed by atoms with Gasteiger partial charge in [0.15, 0.2) is 0 Å². The molecule has 0 amide bonds. The lowest BCUT2D eigenvalue weighted by Crippen LogP contribution is -2.49. The Morgan fingerprint density at radius 3 is 2.91 bits per heavy atom. The first-order valence-corrected chi connectivity index (χ1v) is 9.15. The number of fused-ring (bicyclic) bond motifs is 3. The monoisotopic (exact) mass is 308 g/mol. The Morgan fingerprint density at radius 1 is 1.17 bits per heavy atom. The fourth-order valence-electron chi connectivity index (χ4n) is 5.67. The van der Waals surface area contributed by atoms with E-state index in [0.29, 0.717) is 23.8 Å². The zero-order valence-corrected chi connectivity index (χ0v) is 13.8. The summed E-state index contributed by atoms with van der Waals surface area (Å²) in [5, 5.41) is 1.31. The highest BCUT2D eigenvalue weighted by Crippen LogP contribution is 2.56. The molecule has 0 spiro atoms. The van der Waals surface area contributed by atoms with E-state index in [4.69, 9.17) is 0 Å². The zero-order valence-electron chi connectivity index (χ0n) is 13.8. The van der Waals surface area contributed by atoms with Crippen LogP contribution in [0.5, 0.6) is 0 Å². The molecule has 4 heterocycles. The number of rotatable bonds is 1. The van der Waals surface area contributed by atoms with E-state index in [2.05, 4.69) is 40.7 Å². The van der Waals surface area contributed by atoms with Gasteiger partial charge in [0.25, 0.3) is 0 Å². The predicted octanol–water partition coefficient (Wildman–Crippen LogP) is 4.16. The highest BCUT2D eigenvalue weighted by Gasteiger charge is 2.50. The molecule has 5 rings (SSSR count). The largest absolute Gasteiger partial charge is 0.294 e. The van der Waals surface area contributed by atoms with Gasteiger partial charge in [-0.3, -0.25) is 14.3 Å². The minimum absolute atomic E-state index is 0.297. The number of hydrogen-bond donors (Lipinski definition) is 0. The van der Waals surface area contributed by atoms with Crippen molar-refractivity contribution >= 4 is 16.8 Å². The summed E-state index contributed by atoms with van der Waals surface area (Å²) in [5.74, 6) is 0.312. The Morgan fingerprint density at radius 2 is 2.04 bits per heavy atom. The minimum Gasteiger partial charge on any atom is -0.294 e. The molecule has 3 heteroatoms. The lowest BCUT2D eigenvalue weighted by Gasteiger charge is -2.51. The van der Waals surface area contributed by atoms with Gasteiger partial charge in [0.2, 0.25) is 5.91 Å². The summed E-state index contributed by atoms with van der Waals surface area (Å²) >= 11 is 0. The summed E-state index contributed by atoms with van der Waals surface area (Å²) < 4.78 is 2.10. The number of carbonyl (C=O) groups excluding carboxylic acids is 1. The molecule has 3 nitrogen and oxygen atoms in total. The number of hydrogen-bond acceptors (Lipinski definition) is 2. The van der Waals surface area contributed by atoms with E-state index in [-0.39, 0.29) is 0 Å². The van der Waals surface area contributed by atoms with E-state index < -0.39 is 0 Å². The molecule has 0 aliphatic carbocycles. The van der Waals surface area contributed by atoms with Crippen LogP contribution in [0.1, 0.15) is 61.1 Å². The van der Waals surface area contributed by atoms with Crippen molar-refractivity contribution in [3.63, 3.8) is 0 Å². The number of carbonyl (C=O) groups is 1. The standard InChI is InChI=1S/C20H24N2O/c1-2-20-10-5-12-21-13-9-15-14-6-3-4-7-16(14)22(17(23)8-11-20)18(15)19(20)21/h3-4,6-7,19H,2,5,8-13H2,1H3/t19-,20+/m1/s1. The van der Waals surface area contributed by atoms with Gasteiger partial charge in [0.05, 0.1) is 11.6 Å². The summed E-state index contributed by atoms with van der Waals surface area (Å²) in [6.07, 6.45) is 6.59. The van der Waals surface area contributed by atoms with Gasteiger partial charge in [-0.05, 0) is 55.7 Å². The third kappa shape index (κ3) is 1.66. The molecule has 1 aromatic carbocycles. The third-order valence-electron chi connectivity index (χ3n) is 6.78. The van der Waals surface area contributed by atoms with E-state index in [1.54, 1.807) is 0 Å². The van der Waals surface area contributed by atoms with Gasteiger partial charge in [0.1, 0.15) is 0 Å². The molecule has 0 N–H and O–H groups in total. The van der Waals surface area contributed by atoms with Crippen molar-refractivity contribution in [2.24, 2.45) is 5.41 Å². The van der Waals surface area contributed by atoms with Gasteiger partial charge in [-0.15, -0.1) is 0 Å². The fraction of sp³-hybridized carbons (Fsp3) is 0.550. The number of para-hydroxylation sites is 1. The van der Waals surface area contributed by atoms with Crippen LogP contribution in [0.4, 0.5) is 0 Å². The maximum absolute atomic E-state index is 13.0. The van der Waals surface area contributed by atoms with Crippen LogP contribution in [-0.4, -0.2) is 28.5 Å². The van der Waals surface area contributed by atoms with E-state index in [9.17, 15) is 4.79 Å². The quantitative estimate of drug-likeness (QED) is 0.790. The molecule has 0 saturated carbocycles. The molecule has 1 aromatic heterocycles. The van der Waals surface area contributed by atoms with Crippen LogP contribution >= 0.6 is 0 Å². The topological polar surface area (TPSA) is 25.2 Å². The lowest BCUT2D eigenvalue weighted by atomic mass is 9.66. The molecule has 0 radical (unpaired) electrons. The number of nitrogens with zero attached hydrogens (tertiary/aromatic N) is 2. The van der Waals surface area contributed by atoms with Gasteiger partial charge < -0.3 is 0 Å². The Bertz CT molecular complexity index is 805. The smallest absolute Gasteiger partial charge is 0.231 e. The van der Waals surface area contributed by atoms with E-state index in [0.717, 1.165) is 24.9 Å². The van der Waals surface area contributed by atoms with Crippen LogP contribution in [0.25, 0.3) is 10.9 Å². The fourth-order valence-corrected chi connectivity index (χ4v) is 5.67. The second kappa shape index (κ2) is 4.70. The molecule has 23 heavy (non-hydrogen) atoms. The molecular weight excluding hydrogens is 284 g/mol. The highest BCUT2D eigenvalue weighted by molar-refractivity contribution is 5.97. The SMILES string of the molecule is CC[C@]12CCCN3CCc4c(n(c5ccccc45)C(=O)CC1)[C@@H]32. The minimum atomic E-state index is 0.297. The van der Waals surface area contributed by atoms with Crippen LogP contribution in [0.3, 0.4) is 0 Å². The van der Waals surface area contributed by atoms with Crippen LogP contribution in [0.2, 0.25) is 0 Å². The summed E-state index contributed by atoms with van der Waals surface area (Å²) in [6.45, 7) is 4.68. The van der Waals surface area contributed by atoms with Crippen LogP contribution in [0, 0.1) is 5.41 Å². The first kappa shape index (κ1) is 13.8. The first-order chi connectivity index (χ1) is 11.2. The van der Waals surface area contributed by atoms with Gasteiger partial charge in [0, 0.05) is 24.0 Å². The summed E-state index contributed by atoms with van der Waals surface area (Å²) in [7, 11) is 0. The summed E-state index contributed by atoms with van der Waals surface area (Å²) in [5.41, 5.74) is 4.24. The first-order valence-electron chi connectivity index (χ1n) is 9.15.